The Bertz CT molecular complexity index is 767. The minimum atomic E-state index is -0.878. The maximum Gasteiger partial charge on any atom is 0.328 e. The number of ketones is 1. The Balaban J connectivity index is 2.74. The third kappa shape index (κ3) is 3.69. The van der Waals surface area contributed by atoms with Gasteiger partial charge in [-0.3, -0.25) is 25.0 Å². The lowest BCUT2D eigenvalue weighted by molar-refractivity contribution is -0.125. The smallest absolute Gasteiger partial charge is 0.289 e. The molecule has 1 saturated heterocycles. The number of imide groups is 2. The van der Waals surface area contributed by atoms with Crippen molar-refractivity contribution in [2.75, 3.05) is 0 Å². The number of barbiturate groups is 1. The zero-order valence-corrected chi connectivity index (χ0v) is 16.2. The predicted molar refractivity (Wildman–Crippen MR) is 98.0 cm³/mol. The topological polar surface area (TPSA) is 92.3 Å². The Kier molecular flexibility index (Phi) is 5.08. The summed E-state index contributed by atoms with van der Waals surface area (Å²) < 4.78 is 0. The lowest BCUT2D eigenvalue weighted by atomic mass is 9.69. The quantitative estimate of drug-likeness (QED) is 0.599. The number of carbonyl (C=O) groups excluding carboxylic acids is 4. The average molecular weight is 358 g/mol. The van der Waals surface area contributed by atoms with Crippen LogP contribution in [-0.4, -0.2) is 23.6 Å². The van der Waals surface area contributed by atoms with Crippen LogP contribution in [0.25, 0.3) is 0 Å². The fraction of sp³-hybridized carbons (Fsp3) is 0.500. The van der Waals surface area contributed by atoms with Crippen molar-refractivity contribution in [2.24, 2.45) is 10.8 Å². The van der Waals surface area contributed by atoms with Gasteiger partial charge in [-0.1, -0.05) is 54.0 Å². The van der Waals surface area contributed by atoms with Gasteiger partial charge in [-0.15, -0.1) is 0 Å². The van der Waals surface area contributed by atoms with Gasteiger partial charge in [0.05, 0.1) is 0 Å². The summed E-state index contributed by atoms with van der Waals surface area (Å²) in [6.45, 7) is 12.0. The van der Waals surface area contributed by atoms with E-state index in [-0.39, 0.29) is 22.3 Å². The predicted octanol–water partition coefficient (Wildman–Crippen LogP) is 2.96. The molecule has 0 aromatic heterocycles. The zero-order valence-electron chi connectivity index (χ0n) is 16.2. The van der Waals surface area contributed by atoms with Crippen LogP contribution in [0.1, 0.15) is 54.4 Å². The van der Waals surface area contributed by atoms with Gasteiger partial charge in [0.15, 0.2) is 5.78 Å². The monoisotopic (exact) mass is 358 g/mol. The van der Waals surface area contributed by atoms with Crippen molar-refractivity contribution in [1.82, 2.24) is 10.6 Å². The van der Waals surface area contributed by atoms with Crippen LogP contribution < -0.4 is 10.6 Å². The normalized spacial score (nSPS) is 19.2. The van der Waals surface area contributed by atoms with E-state index in [4.69, 9.17) is 0 Å². The fourth-order valence-corrected chi connectivity index (χ4v) is 3.29. The maximum atomic E-state index is 13.0. The number of nitrogens with one attached hydrogen (secondary N) is 2. The molecule has 0 saturated carbocycles. The number of allylic oxidation sites excluding steroid dienone is 5. The third-order valence-corrected chi connectivity index (χ3v) is 4.73. The molecule has 0 bridgehead atoms. The number of rotatable bonds is 3. The van der Waals surface area contributed by atoms with E-state index in [1.54, 1.807) is 0 Å². The van der Waals surface area contributed by atoms with Crippen LogP contribution >= 0.6 is 0 Å². The Labute approximate surface area is 153 Å². The number of hydrogen-bond donors (Lipinski definition) is 2. The van der Waals surface area contributed by atoms with Gasteiger partial charge in [-0.2, -0.15) is 0 Å². The van der Waals surface area contributed by atoms with E-state index < -0.39 is 23.3 Å². The molecule has 0 spiro atoms. The molecule has 2 N–H and O–H groups in total. The molecule has 1 aliphatic carbocycles. The molecule has 0 unspecified atom stereocenters. The highest BCUT2D eigenvalue weighted by Gasteiger charge is 2.40. The molecule has 0 aromatic carbocycles. The molecule has 1 aliphatic heterocycles. The van der Waals surface area contributed by atoms with Gasteiger partial charge in [0.1, 0.15) is 5.57 Å². The molecular weight excluding hydrogens is 332 g/mol. The molecule has 2 aliphatic rings. The van der Waals surface area contributed by atoms with E-state index >= 15 is 0 Å². The standard InChI is InChI=1S/C20H26N2O4/c1-7-8-20(5,6)12-9-11(19(2,3)4)10-13(23)14(12)15-16(24)21-18(26)22-17(15)25/h9-10H,7-8H2,1-6H3,(H2,21,22,24,25,26). The first-order valence-electron chi connectivity index (χ1n) is 8.78. The molecule has 1 fully saturated rings. The molecule has 140 valence electrons. The van der Waals surface area contributed by atoms with Gasteiger partial charge in [0.2, 0.25) is 0 Å². The van der Waals surface area contributed by atoms with E-state index in [0.717, 1.165) is 18.4 Å². The maximum absolute atomic E-state index is 13.0. The van der Waals surface area contributed by atoms with Crippen molar-refractivity contribution >= 4 is 23.6 Å². The van der Waals surface area contributed by atoms with Gasteiger partial charge < -0.3 is 0 Å². The van der Waals surface area contributed by atoms with Crippen molar-refractivity contribution < 1.29 is 19.2 Å². The SMILES string of the molecule is CCCC(C)(C)C1=CC(C(C)(C)C)=CC(=O)C1=C1C(=O)NC(=O)NC1=O. The summed E-state index contributed by atoms with van der Waals surface area (Å²) in [5.74, 6) is -2.06. The number of amides is 4. The van der Waals surface area contributed by atoms with Crippen LogP contribution in [0.2, 0.25) is 0 Å². The molecule has 0 aromatic rings. The highest BCUT2D eigenvalue weighted by atomic mass is 16.2. The molecule has 26 heavy (non-hydrogen) atoms. The minimum Gasteiger partial charge on any atom is -0.289 e. The first-order chi connectivity index (χ1) is 11.9. The van der Waals surface area contributed by atoms with E-state index in [1.165, 1.54) is 6.08 Å². The molecule has 0 radical (unpaired) electrons. The van der Waals surface area contributed by atoms with Crippen LogP contribution in [0.4, 0.5) is 4.79 Å². The van der Waals surface area contributed by atoms with E-state index in [2.05, 4.69) is 10.6 Å². The van der Waals surface area contributed by atoms with Gasteiger partial charge >= 0.3 is 6.03 Å². The zero-order chi connectivity index (χ0) is 19.9. The molecule has 6 nitrogen and oxygen atoms in total. The van der Waals surface area contributed by atoms with Crippen molar-refractivity contribution in [3.8, 4) is 0 Å². The molecule has 2 rings (SSSR count). The van der Waals surface area contributed by atoms with Crippen molar-refractivity contribution in [1.29, 1.82) is 0 Å². The number of urea groups is 1. The van der Waals surface area contributed by atoms with E-state index in [0.29, 0.717) is 5.57 Å². The Morgan fingerprint density at radius 1 is 0.846 bits per heavy atom. The first-order valence-corrected chi connectivity index (χ1v) is 8.78. The molecular formula is C20H26N2O4. The van der Waals surface area contributed by atoms with Crippen molar-refractivity contribution in [3.63, 3.8) is 0 Å². The molecule has 6 heteroatoms. The van der Waals surface area contributed by atoms with E-state index in [1.807, 2.05) is 47.6 Å². The highest BCUT2D eigenvalue weighted by molar-refractivity contribution is 6.33. The second kappa shape index (κ2) is 6.67. The summed E-state index contributed by atoms with van der Waals surface area (Å²) in [5.41, 5.74) is 0.615. The van der Waals surface area contributed by atoms with Gasteiger partial charge in [0, 0.05) is 5.57 Å². The Hall–Kier alpha value is -2.50. The second-order valence-electron chi connectivity index (χ2n) is 8.39. The lowest BCUT2D eigenvalue weighted by Crippen LogP contribution is -2.52. The minimum absolute atomic E-state index is 0.0824. The summed E-state index contributed by atoms with van der Waals surface area (Å²) in [6.07, 6.45) is 5.05. The van der Waals surface area contributed by atoms with E-state index in [9.17, 15) is 19.2 Å². The molecule has 4 amide bonds. The third-order valence-electron chi connectivity index (χ3n) is 4.73. The summed E-state index contributed by atoms with van der Waals surface area (Å²) in [5, 5.41) is 4.11. The van der Waals surface area contributed by atoms with Crippen molar-refractivity contribution in [2.45, 2.75) is 54.4 Å². The lowest BCUT2D eigenvalue weighted by Gasteiger charge is -2.35. The summed E-state index contributed by atoms with van der Waals surface area (Å²) in [6, 6.07) is -0.878. The average Bonchev–Trinajstić information content (AvgIpc) is 2.46. The molecule has 0 atom stereocenters. The largest absolute Gasteiger partial charge is 0.328 e. The number of carbonyl (C=O) groups is 4. The summed E-state index contributed by atoms with van der Waals surface area (Å²) >= 11 is 0. The Morgan fingerprint density at radius 2 is 1.38 bits per heavy atom. The van der Waals surface area contributed by atoms with Crippen LogP contribution in [0.15, 0.2) is 34.4 Å². The van der Waals surface area contributed by atoms with Crippen LogP contribution in [0, 0.1) is 10.8 Å². The number of hydrogen-bond acceptors (Lipinski definition) is 4. The van der Waals surface area contributed by atoms with Gasteiger partial charge in [-0.25, -0.2) is 4.79 Å². The van der Waals surface area contributed by atoms with Gasteiger partial charge in [0.25, 0.3) is 11.8 Å². The van der Waals surface area contributed by atoms with Crippen LogP contribution in [-0.2, 0) is 14.4 Å². The fourth-order valence-electron chi connectivity index (χ4n) is 3.29. The Morgan fingerprint density at radius 3 is 1.85 bits per heavy atom. The van der Waals surface area contributed by atoms with Gasteiger partial charge in [-0.05, 0) is 34.5 Å². The first kappa shape index (κ1) is 19.8. The van der Waals surface area contributed by atoms with Crippen molar-refractivity contribution in [3.05, 3.63) is 34.4 Å². The summed E-state index contributed by atoms with van der Waals surface area (Å²) in [4.78, 5) is 49.0. The van der Waals surface area contributed by atoms with Crippen LogP contribution in [0.3, 0.4) is 0 Å². The summed E-state index contributed by atoms with van der Waals surface area (Å²) in [7, 11) is 0. The molecule has 1 heterocycles. The second-order valence-corrected chi connectivity index (χ2v) is 8.39. The highest BCUT2D eigenvalue weighted by Crippen LogP contribution is 2.43. The van der Waals surface area contributed by atoms with Crippen LogP contribution in [0.5, 0.6) is 0 Å².